The maximum Gasteiger partial charge on any atom is 0.269 e. The highest BCUT2D eigenvalue weighted by Gasteiger charge is 2.13. The lowest BCUT2D eigenvalue weighted by Gasteiger charge is -2.05. The number of hydrogen-bond acceptors (Lipinski definition) is 6. The Morgan fingerprint density at radius 3 is 2.77 bits per heavy atom. The summed E-state index contributed by atoms with van der Waals surface area (Å²) in [6.45, 7) is 0.410. The van der Waals surface area contributed by atoms with Crippen LogP contribution in [0.4, 0.5) is 10.1 Å². The van der Waals surface area contributed by atoms with Crippen LogP contribution in [0.15, 0.2) is 53.9 Å². The van der Waals surface area contributed by atoms with E-state index >= 15 is 0 Å². The van der Waals surface area contributed by atoms with E-state index in [2.05, 4.69) is 15.4 Å². The summed E-state index contributed by atoms with van der Waals surface area (Å²) in [7, 11) is 0. The Morgan fingerprint density at radius 1 is 1.23 bits per heavy atom. The third-order valence-corrected chi connectivity index (χ3v) is 5.31. The molecule has 1 N–H and O–H groups in total. The largest absolute Gasteiger partial charge is 0.355 e. The van der Waals surface area contributed by atoms with Gasteiger partial charge in [0.05, 0.1) is 17.0 Å². The highest BCUT2D eigenvalue weighted by atomic mass is 32.1. The lowest BCUT2D eigenvalue weighted by Crippen LogP contribution is -2.27. The van der Waals surface area contributed by atoms with Crippen molar-refractivity contribution in [3.63, 3.8) is 0 Å². The Hall–Kier alpha value is -3.66. The second-order valence-electron chi connectivity index (χ2n) is 6.57. The molecular weight excluding hydrogens is 409 g/mol. The van der Waals surface area contributed by atoms with Crippen molar-refractivity contribution in [2.75, 3.05) is 6.54 Å². The predicted molar refractivity (Wildman–Crippen MR) is 110 cm³/mol. The number of carbonyl (C=O) groups is 1. The summed E-state index contributed by atoms with van der Waals surface area (Å²) in [6.07, 6.45) is 0.696. The van der Waals surface area contributed by atoms with Crippen molar-refractivity contribution in [3.8, 4) is 11.4 Å². The fourth-order valence-corrected chi connectivity index (χ4v) is 3.82. The van der Waals surface area contributed by atoms with Crippen LogP contribution in [0.25, 0.3) is 16.3 Å². The molecule has 2 heterocycles. The van der Waals surface area contributed by atoms with Gasteiger partial charge in [0.2, 0.25) is 10.9 Å². The Labute approximate surface area is 174 Å². The number of amides is 1. The maximum absolute atomic E-state index is 13.4. The zero-order chi connectivity index (χ0) is 21.1. The van der Waals surface area contributed by atoms with Gasteiger partial charge in [-0.3, -0.25) is 14.9 Å². The van der Waals surface area contributed by atoms with Crippen molar-refractivity contribution in [3.05, 3.63) is 81.1 Å². The van der Waals surface area contributed by atoms with E-state index < -0.39 is 4.92 Å². The van der Waals surface area contributed by atoms with E-state index in [1.54, 1.807) is 28.8 Å². The zero-order valence-electron chi connectivity index (χ0n) is 15.6. The van der Waals surface area contributed by atoms with Crippen molar-refractivity contribution in [1.82, 2.24) is 19.9 Å². The first-order valence-electron chi connectivity index (χ1n) is 9.09. The topological polar surface area (TPSA) is 102 Å². The quantitative estimate of drug-likeness (QED) is 0.361. The van der Waals surface area contributed by atoms with E-state index in [-0.39, 0.29) is 23.8 Å². The first-order chi connectivity index (χ1) is 14.5. The van der Waals surface area contributed by atoms with Gasteiger partial charge in [-0.15, -0.1) is 16.4 Å². The SMILES string of the molecule is O=C(Cc1ccc([N+](=O)[O-])cc1)NCCc1csc2nc(-c3cccc(F)c3)nn12. The number of fused-ring (bicyclic) bond motifs is 1. The van der Waals surface area contributed by atoms with Crippen LogP contribution in [-0.4, -0.2) is 32.0 Å². The van der Waals surface area contributed by atoms with E-state index in [9.17, 15) is 19.3 Å². The minimum Gasteiger partial charge on any atom is -0.355 e. The van der Waals surface area contributed by atoms with Gasteiger partial charge in [-0.2, -0.15) is 4.98 Å². The number of rotatable bonds is 7. The average molecular weight is 425 g/mol. The van der Waals surface area contributed by atoms with Crippen LogP contribution in [-0.2, 0) is 17.6 Å². The molecule has 30 heavy (non-hydrogen) atoms. The fraction of sp³-hybridized carbons (Fsp3) is 0.150. The van der Waals surface area contributed by atoms with Gasteiger partial charge >= 0.3 is 0 Å². The number of nitrogens with one attached hydrogen (secondary N) is 1. The lowest BCUT2D eigenvalue weighted by atomic mass is 10.1. The molecule has 0 aliphatic rings. The summed E-state index contributed by atoms with van der Waals surface area (Å²) < 4.78 is 15.1. The van der Waals surface area contributed by atoms with Gasteiger partial charge in [-0.1, -0.05) is 24.3 Å². The fourth-order valence-electron chi connectivity index (χ4n) is 2.96. The molecule has 0 unspecified atom stereocenters. The van der Waals surface area contributed by atoms with E-state index in [4.69, 9.17) is 0 Å². The summed E-state index contributed by atoms with van der Waals surface area (Å²) in [4.78, 5) is 27.5. The molecule has 2 aromatic heterocycles. The van der Waals surface area contributed by atoms with Gasteiger partial charge < -0.3 is 5.32 Å². The van der Waals surface area contributed by atoms with Gasteiger partial charge in [0.1, 0.15) is 5.82 Å². The highest BCUT2D eigenvalue weighted by Crippen LogP contribution is 2.21. The molecule has 0 aliphatic carbocycles. The maximum atomic E-state index is 13.4. The van der Waals surface area contributed by atoms with Crippen molar-refractivity contribution in [2.45, 2.75) is 12.8 Å². The molecule has 0 radical (unpaired) electrons. The summed E-state index contributed by atoms with van der Waals surface area (Å²) in [5.41, 5.74) is 2.19. The van der Waals surface area contributed by atoms with E-state index in [1.807, 2.05) is 5.38 Å². The first-order valence-corrected chi connectivity index (χ1v) is 9.96. The van der Waals surface area contributed by atoms with Crippen LogP contribution in [0.5, 0.6) is 0 Å². The summed E-state index contributed by atoms with van der Waals surface area (Å²) >= 11 is 1.43. The number of halogens is 1. The molecule has 10 heteroatoms. The molecule has 4 rings (SSSR count). The molecule has 2 aromatic carbocycles. The lowest BCUT2D eigenvalue weighted by molar-refractivity contribution is -0.384. The number of nitro benzene ring substituents is 1. The number of nitrogens with zero attached hydrogens (tertiary/aromatic N) is 4. The van der Waals surface area contributed by atoms with Crippen LogP contribution < -0.4 is 5.32 Å². The van der Waals surface area contributed by atoms with E-state index in [0.29, 0.717) is 34.9 Å². The molecule has 0 fully saturated rings. The number of carbonyl (C=O) groups excluding carboxylic acids is 1. The van der Waals surface area contributed by atoms with E-state index in [0.717, 1.165) is 5.69 Å². The third-order valence-electron chi connectivity index (χ3n) is 4.45. The minimum absolute atomic E-state index is 0.00826. The van der Waals surface area contributed by atoms with Gasteiger partial charge in [0.15, 0.2) is 5.82 Å². The predicted octanol–water partition coefficient (Wildman–Crippen LogP) is 3.41. The number of thiazole rings is 1. The smallest absolute Gasteiger partial charge is 0.269 e. The Balaban J connectivity index is 1.35. The standard InChI is InChI=1S/C20H16FN5O3S/c21-15-3-1-2-14(11-15)19-23-20-25(24-19)17(12-30-20)8-9-22-18(27)10-13-4-6-16(7-5-13)26(28)29/h1-7,11-12H,8-10H2,(H,22,27). The summed E-state index contributed by atoms with van der Waals surface area (Å²) in [5, 5.41) is 19.9. The van der Waals surface area contributed by atoms with Crippen molar-refractivity contribution in [2.24, 2.45) is 0 Å². The molecule has 152 valence electrons. The third kappa shape index (κ3) is 4.33. The molecule has 0 saturated carbocycles. The summed E-state index contributed by atoms with van der Waals surface area (Å²) in [6, 6.07) is 12.0. The van der Waals surface area contributed by atoms with Crippen molar-refractivity contribution in [1.29, 1.82) is 0 Å². The minimum atomic E-state index is -0.477. The number of non-ortho nitro benzene ring substituents is 1. The number of nitro groups is 1. The molecule has 8 nitrogen and oxygen atoms in total. The highest BCUT2D eigenvalue weighted by molar-refractivity contribution is 7.15. The molecule has 4 aromatic rings. The van der Waals surface area contributed by atoms with Crippen LogP contribution in [0.3, 0.4) is 0 Å². The zero-order valence-corrected chi connectivity index (χ0v) is 16.4. The van der Waals surface area contributed by atoms with Crippen molar-refractivity contribution >= 4 is 27.9 Å². The Kier molecular flexibility index (Phi) is 5.48. The van der Waals surface area contributed by atoms with Crippen LogP contribution in [0.1, 0.15) is 11.3 Å². The second-order valence-corrected chi connectivity index (χ2v) is 7.40. The van der Waals surface area contributed by atoms with Crippen molar-refractivity contribution < 1.29 is 14.1 Å². The first kappa shape index (κ1) is 19.6. The van der Waals surface area contributed by atoms with Gasteiger partial charge in [-0.05, 0) is 17.7 Å². The molecule has 0 atom stereocenters. The van der Waals surface area contributed by atoms with Crippen LogP contribution >= 0.6 is 11.3 Å². The molecule has 1 amide bonds. The van der Waals surface area contributed by atoms with E-state index in [1.165, 1.54) is 35.6 Å². The Morgan fingerprint density at radius 2 is 2.03 bits per heavy atom. The number of hydrogen-bond donors (Lipinski definition) is 1. The molecule has 0 bridgehead atoms. The Bertz CT molecular complexity index is 1220. The molecule has 0 saturated heterocycles. The monoisotopic (exact) mass is 425 g/mol. The number of benzene rings is 2. The van der Waals surface area contributed by atoms with Gasteiger partial charge in [-0.25, -0.2) is 8.91 Å². The van der Waals surface area contributed by atoms with Gasteiger partial charge in [0, 0.05) is 36.0 Å². The number of aromatic nitrogens is 3. The molecular formula is C20H16FN5O3S. The van der Waals surface area contributed by atoms with Crippen LogP contribution in [0.2, 0.25) is 0 Å². The van der Waals surface area contributed by atoms with Crippen LogP contribution in [0, 0.1) is 15.9 Å². The average Bonchev–Trinajstić information content (AvgIpc) is 3.30. The summed E-state index contributed by atoms with van der Waals surface area (Å²) in [5.74, 6) is -0.0687. The second kappa shape index (κ2) is 8.37. The normalized spacial score (nSPS) is 11.0. The molecule has 0 spiro atoms. The molecule has 0 aliphatic heterocycles. The van der Waals surface area contributed by atoms with Gasteiger partial charge in [0.25, 0.3) is 5.69 Å².